The van der Waals surface area contributed by atoms with Crippen LogP contribution >= 0.6 is 0 Å². The van der Waals surface area contributed by atoms with Crippen molar-refractivity contribution >= 4 is 27.5 Å². The highest BCUT2D eigenvalue weighted by atomic mass is 32.2. The lowest BCUT2D eigenvalue weighted by atomic mass is 10.1. The van der Waals surface area contributed by atoms with E-state index in [1.54, 1.807) is 25.1 Å². The van der Waals surface area contributed by atoms with Gasteiger partial charge in [0.2, 0.25) is 21.8 Å². The second-order valence-electron chi connectivity index (χ2n) is 9.19. The van der Waals surface area contributed by atoms with Crippen LogP contribution in [0.15, 0.2) is 48.5 Å². The van der Waals surface area contributed by atoms with Crippen molar-refractivity contribution in [2.45, 2.75) is 64.1 Å². The standard InChI is InChI=1S/C26H33F2N3O4S/c1-19(26(33)29-22-9-4-5-10-22)30(18-20-8-3-6-11-24(20)28)25(32)12-7-17-31(36(2,34)35)23-15-13-21(27)14-16-23/h3,6,8,11,13-16,19,22H,4-5,7,9-10,12,17-18H2,1-2H3,(H,29,33)/t19-/m1/s1. The van der Waals surface area contributed by atoms with E-state index < -0.39 is 27.7 Å². The lowest BCUT2D eigenvalue weighted by molar-refractivity contribution is -0.141. The Hall–Kier alpha value is -3.01. The van der Waals surface area contributed by atoms with Crippen LogP contribution in [-0.2, 0) is 26.2 Å². The third-order valence-corrected chi connectivity index (χ3v) is 7.63. The molecule has 1 aliphatic carbocycles. The average molecular weight is 522 g/mol. The van der Waals surface area contributed by atoms with Crippen LogP contribution in [0, 0.1) is 11.6 Å². The van der Waals surface area contributed by atoms with E-state index in [0.717, 1.165) is 36.2 Å². The van der Waals surface area contributed by atoms with E-state index in [9.17, 15) is 26.8 Å². The Morgan fingerprint density at radius 3 is 2.31 bits per heavy atom. The Morgan fingerprint density at radius 1 is 1.06 bits per heavy atom. The van der Waals surface area contributed by atoms with Gasteiger partial charge in [-0.25, -0.2) is 17.2 Å². The summed E-state index contributed by atoms with van der Waals surface area (Å²) in [4.78, 5) is 27.5. The number of carbonyl (C=O) groups excluding carboxylic acids is 2. The number of hydrogen-bond donors (Lipinski definition) is 1. The fraction of sp³-hybridized carbons (Fsp3) is 0.462. The van der Waals surface area contributed by atoms with E-state index in [1.807, 2.05) is 0 Å². The van der Waals surface area contributed by atoms with Crippen molar-refractivity contribution in [3.05, 3.63) is 65.7 Å². The number of amides is 2. The first-order valence-corrected chi connectivity index (χ1v) is 14.0. The number of nitrogens with zero attached hydrogens (tertiary/aromatic N) is 2. The van der Waals surface area contributed by atoms with Crippen LogP contribution in [0.1, 0.15) is 51.0 Å². The first-order chi connectivity index (χ1) is 17.1. The first-order valence-electron chi connectivity index (χ1n) is 12.1. The molecule has 0 aliphatic heterocycles. The molecule has 0 bridgehead atoms. The number of halogens is 2. The minimum Gasteiger partial charge on any atom is -0.352 e. The summed E-state index contributed by atoms with van der Waals surface area (Å²) < 4.78 is 53.4. The maximum absolute atomic E-state index is 14.4. The quantitative estimate of drug-likeness (QED) is 0.485. The van der Waals surface area contributed by atoms with Crippen LogP contribution in [0.3, 0.4) is 0 Å². The topological polar surface area (TPSA) is 86.8 Å². The number of hydrogen-bond acceptors (Lipinski definition) is 4. The number of benzene rings is 2. The number of carbonyl (C=O) groups is 2. The lowest BCUT2D eigenvalue weighted by Crippen LogP contribution is -2.49. The highest BCUT2D eigenvalue weighted by molar-refractivity contribution is 7.92. The van der Waals surface area contributed by atoms with Gasteiger partial charge in [0.05, 0.1) is 11.9 Å². The van der Waals surface area contributed by atoms with Gasteiger partial charge in [-0.2, -0.15) is 0 Å². The summed E-state index contributed by atoms with van der Waals surface area (Å²) in [6.07, 6.45) is 5.02. The Morgan fingerprint density at radius 2 is 1.69 bits per heavy atom. The van der Waals surface area contributed by atoms with Gasteiger partial charge in [-0.1, -0.05) is 31.0 Å². The molecule has 2 aromatic carbocycles. The smallest absolute Gasteiger partial charge is 0.242 e. The Kier molecular flexibility index (Phi) is 9.42. The molecule has 0 unspecified atom stereocenters. The van der Waals surface area contributed by atoms with E-state index in [1.165, 1.54) is 35.2 Å². The summed E-state index contributed by atoms with van der Waals surface area (Å²) in [5.74, 6) is -1.65. The third-order valence-electron chi connectivity index (χ3n) is 6.43. The Balaban J connectivity index is 1.72. The fourth-order valence-corrected chi connectivity index (χ4v) is 5.36. The normalized spacial score (nSPS) is 14.9. The number of anilines is 1. The monoisotopic (exact) mass is 521 g/mol. The molecule has 3 rings (SSSR count). The number of nitrogens with one attached hydrogen (secondary N) is 1. The number of rotatable bonds is 11. The minimum absolute atomic E-state index is 0.00754. The maximum atomic E-state index is 14.4. The molecule has 0 saturated heterocycles. The fourth-order valence-electron chi connectivity index (χ4n) is 4.40. The molecular weight excluding hydrogens is 488 g/mol. The lowest BCUT2D eigenvalue weighted by Gasteiger charge is -2.30. The molecule has 0 radical (unpaired) electrons. The maximum Gasteiger partial charge on any atom is 0.242 e. The van der Waals surface area contributed by atoms with Crippen molar-refractivity contribution in [1.29, 1.82) is 0 Å². The van der Waals surface area contributed by atoms with Crippen molar-refractivity contribution in [3.8, 4) is 0 Å². The molecule has 10 heteroatoms. The molecule has 1 fully saturated rings. The van der Waals surface area contributed by atoms with Crippen LogP contribution in [0.5, 0.6) is 0 Å². The summed E-state index contributed by atoms with van der Waals surface area (Å²) in [5.41, 5.74) is 0.578. The predicted molar refractivity (Wildman–Crippen MR) is 135 cm³/mol. The van der Waals surface area contributed by atoms with E-state index in [4.69, 9.17) is 0 Å². The zero-order valence-electron chi connectivity index (χ0n) is 20.6. The SMILES string of the molecule is C[C@H](C(=O)NC1CCCC1)N(Cc1ccccc1F)C(=O)CCCN(c1ccc(F)cc1)S(C)(=O)=O. The highest BCUT2D eigenvalue weighted by Crippen LogP contribution is 2.21. The van der Waals surface area contributed by atoms with Gasteiger partial charge in [-0.3, -0.25) is 13.9 Å². The average Bonchev–Trinajstić information content (AvgIpc) is 3.34. The molecule has 0 aromatic heterocycles. The summed E-state index contributed by atoms with van der Waals surface area (Å²) in [6.45, 7) is 1.52. The van der Waals surface area contributed by atoms with Gasteiger partial charge in [-0.05, 0) is 56.5 Å². The van der Waals surface area contributed by atoms with Crippen molar-refractivity contribution in [2.75, 3.05) is 17.1 Å². The third kappa shape index (κ3) is 7.49. The molecule has 36 heavy (non-hydrogen) atoms. The van der Waals surface area contributed by atoms with Crippen LogP contribution in [0.25, 0.3) is 0 Å². The van der Waals surface area contributed by atoms with E-state index in [-0.39, 0.29) is 49.4 Å². The molecule has 2 aromatic rings. The Labute approximate surface area is 211 Å². The van der Waals surface area contributed by atoms with Gasteiger partial charge in [0.1, 0.15) is 17.7 Å². The van der Waals surface area contributed by atoms with Crippen LogP contribution in [-0.4, -0.2) is 50.0 Å². The molecule has 7 nitrogen and oxygen atoms in total. The minimum atomic E-state index is -3.67. The molecule has 1 N–H and O–H groups in total. The van der Waals surface area contributed by atoms with Crippen LogP contribution < -0.4 is 9.62 Å². The Bertz CT molecular complexity index is 1150. The molecular formula is C26H33F2N3O4S. The molecule has 1 atom stereocenters. The second kappa shape index (κ2) is 12.3. The van der Waals surface area contributed by atoms with Gasteiger partial charge in [0.25, 0.3) is 0 Å². The molecule has 196 valence electrons. The summed E-state index contributed by atoms with van der Waals surface area (Å²) in [7, 11) is -3.67. The molecule has 1 aliphatic rings. The van der Waals surface area contributed by atoms with Crippen LogP contribution in [0.2, 0.25) is 0 Å². The van der Waals surface area contributed by atoms with Gasteiger partial charge in [0.15, 0.2) is 0 Å². The summed E-state index contributed by atoms with van der Waals surface area (Å²) >= 11 is 0. The largest absolute Gasteiger partial charge is 0.352 e. The summed E-state index contributed by atoms with van der Waals surface area (Å²) in [5, 5.41) is 2.99. The predicted octanol–water partition coefficient (Wildman–Crippen LogP) is 3.99. The first kappa shape index (κ1) is 27.6. The van der Waals surface area contributed by atoms with Crippen molar-refractivity contribution in [2.24, 2.45) is 0 Å². The van der Waals surface area contributed by atoms with Gasteiger partial charge >= 0.3 is 0 Å². The molecule has 0 spiro atoms. The van der Waals surface area contributed by atoms with E-state index >= 15 is 0 Å². The van der Waals surface area contributed by atoms with Gasteiger partial charge < -0.3 is 10.2 Å². The number of sulfonamides is 1. The van der Waals surface area contributed by atoms with E-state index in [0.29, 0.717) is 5.69 Å². The van der Waals surface area contributed by atoms with Gasteiger partial charge in [-0.15, -0.1) is 0 Å². The second-order valence-corrected chi connectivity index (χ2v) is 11.1. The van der Waals surface area contributed by atoms with Gasteiger partial charge in [0, 0.05) is 31.1 Å². The summed E-state index contributed by atoms with van der Waals surface area (Å²) in [6, 6.07) is 10.4. The van der Waals surface area contributed by atoms with Crippen molar-refractivity contribution < 1.29 is 26.8 Å². The zero-order valence-corrected chi connectivity index (χ0v) is 21.4. The van der Waals surface area contributed by atoms with Crippen LogP contribution in [0.4, 0.5) is 14.5 Å². The van der Waals surface area contributed by atoms with E-state index in [2.05, 4.69) is 5.32 Å². The molecule has 2 amide bonds. The van der Waals surface area contributed by atoms with Crippen molar-refractivity contribution in [1.82, 2.24) is 10.2 Å². The highest BCUT2D eigenvalue weighted by Gasteiger charge is 2.29. The molecule has 0 heterocycles. The zero-order chi connectivity index (χ0) is 26.3. The van der Waals surface area contributed by atoms with Crippen molar-refractivity contribution in [3.63, 3.8) is 0 Å². The molecule has 1 saturated carbocycles.